The Labute approximate surface area is 121 Å². The topological polar surface area (TPSA) is 79.6 Å². The molecule has 0 spiro atoms. The molecule has 1 aromatic heterocycles. The Hall–Kier alpha value is -2.34. The third-order valence-electron chi connectivity index (χ3n) is 2.60. The fraction of sp³-hybridized carbons (Fsp3) is 0.154. The van der Waals surface area contributed by atoms with Crippen LogP contribution in [0.1, 0.15) is 11.3 Å². The molecule has 1 aromatic carbocycles. The number of nitrogens with one attached hydrogen (secondary N) is 1. The number of halogens is 1. The quantitative estimate of drug-likeness (QED) is 0.503. The minimum absolute atomic E-state index is 0.115. The van der Waals surface area contributed by atoms with Crippen molar-refractivity contribution in [1.29, 1.82) is 0 Å². The summed E-state index contributed by atoms with van der Waals surface area (Å²) in [6.07, 6.45) is 3.00. The van der Waals surface area contributed by atoms with Crippen LogP contribution in [-0.4, -0.2) is 27.5 Å². The zero-order valence-electron chi connectivity index (χ0n) is 10.7. The first-order chi connectivity index (χ1) is 9.74. The highest BCUT2D eigenvalue weighted by Crippen LogP contribution is 2.15. The normalized spacial score (nSPS) is 11.2. The van der Waals surface area contributed by atoms with Gasteiger partial charge in [0, 0.05) is 18.9 Å². The van der Waals surface area contributed by atoms with Crippen LogP contribution in [0.15, 0.2) is 41.8 Å². The third kappa shape index (κ3) is 3.36. The third-order valence-corrected chi connectivity index (χ3v) is 2.86. The van der Waals surface area contributed by atoms with Crippen molar-refractivity contribution in [2.45, 2.75) is 6.54 Å². The molecule has 0 saturated carbocycles. The lowest BCUT2D eigenvalue weighted by molar-refractivity contribution is 0.320. The summed E-state index contributed by atoms with van der Waals surface area (Å²) in [5.74, 6) is 1.25. The lowest BCUT2D eigenvalue weighted by Gasteiger charge is -2.09. The number of benzene rings is 1. The SMILES string of the molecule is COc1ccc(CNc2nccnc2/C(Cl)=N/O)cc1. The summed E-state index contributed by atoms with van der Waals surface area (Å²) in [6.45, 7) is 0.533. The summed E-state index contributed by atoms with van der Waals surface area (Å²) in [5, 5.41) is 14.6. The molecule has 0 atom stereocenters. The van der Waals surface area contributed by atoms with E-state index >= 15 is 0 Å². The van der Waals surface area contributed by atoms with Crippen LogP contribution in [0.25, 0.3) is 0 Å². The molecule has 0 unspecified atom stereocenters. The van der Waals surface area contributed by atoms with E-state index in [1.807, 2.05) is 24.3 Å². The molecule has 0 saturated heterocycles. The molecule has 0 aliphatic rings. The first-order valence-electron chi connectivity index (χ1n) is 5.80. The molecule has 1 heterocycles. The molecule has 6 nitrogen and oxygen atoms in total. The van der Waals surface area contributed by atoms with E-state index in [0.29, 0.717) is 18.1 Å². The highest BCUT2D eigenvalue weighted by atomic mass is 35.5. The Morgan fingerprint density at radius 3 is 2.65 bits per heavy atom. The lowest BCUT2D eigenvalue weighted by atomic mass is 10.2. The Bertz CT molecular complexity index is 602. The summed E-state index contributed by atoms with van der Waals surface area (Å²) < 4.78 is 5.09. The van der Waals surface area contributed by atoms with Crippen molar-refractivity contribution >= 4 is 22.6 Å². The van der Waals surface area contributed by atoms with Gasteiger partial charge in [-0.15, -0.1) is 0 Å². The number of methoxy groups -OCH3 is 1. The van der Waals surface area contributed by atoms with Gasteiger partial charge >= 0.3 is 0 Å². The van der Waals surface area contributed by atoms with E-state index < -0.39 is 0 Å². The predicted octanol–water partition coefficient (Wildman–Crippen LogP) is 2.47. The number of hydrogen-bond acceptors (Lipinski definition) is 6. The maximum absolute atomic E-state index is 8.70. The van der Waals surface area contributed by atoms with Crippen LogP contribution >= 0.6 is 11.6 Å². The van der Waals surface area contributed by atoms with Gasteiger partial charge in [0.15, 0.2) is 11.0 Å². The van der Waals surface area contributed by atoms with Gasteiger partial charge in [-0.3, -0.25) is 0 Å². The monoisotopic (exact) mass is 292 g/mol. The van der Waals surface area contributed by atoms with Gasteiger partial charge in [0.2, 0.25) is 0 Å². The second-order valence-corrected chi connectivity index (χ2v) is 4.20. The summed E-state index contributed by atoms with van der Waals surface area (Å²) in [7, 11) is 1.62. The van der Waals surface area contributed by atoms with Crippen molar-refractivity contribution in [2.75, 3.05) is 12.4 Å². The predicted molar refractivity (Wildman–Crippen MR) is 76.5 cm³/mol. The van der Waals surface area contributed by atoms with Gasteiger partial charge in [0.25, 0.3) is 0 Å². The maximum atomic E-state index is 8.70. The van der Waals surface area contributed by atoms with Crippen LogP contribution in [0, 0.1) is 0 Å². The van der Waals surface area contributed by atoms with Crippen molar-refractivity contribution in [3.63, 3.8) is 0 Å². The fourth-order valence-corrected chi connectivity index (χ4v) is 1.73. The summed E-state index contributed by atoms with van der Waals surface area (Å²) >= 11 is 5.76. The smallest absolute Gasteiger partial charge is 0.197 e. The minimum atomic E-state index is -0.115. The van der Waals surface area contributed by atoms with Crippen molar-refractivity contribution in [3.8, 4) is 5.75 Å². The number of rotatable bonds is 5. The Morgan fingerprint density at radius 2 is 2.00 bits per heavy atom. The molecule has 2 N–H and O–H groups in total. The Morgan fingerprint density at radius 1 is 1.30 bits per heavy atom. The van der Waals surface area contributed by atoms with Crippen molar-refractivity contribution in [1.82, 2.24) is 9.97 Å². The molecule has 104 valence electrons. The lowest BCUT2D eigenvalue weighted by Crippen LogP contribution is -2.08. The van der Waals surface area contributed by atoms with Crippen LogP contribution in [0.3, 0.4) is 0 Å². The van der Waals surface area contributed by atoms with Crippen LogP contribution in [0.2, 0.25) is 0 Å². The van der Waals surface area contributed by atoms with Crippen LogP contribution in [-0.2, 0) is 6.54 Å². The number of nitrogens with zero attached hydrogens (tertiary/aromatic N) is 3. The van der Waals surface area contributed by atoms with E-state index in [-0.39, 0.29) is 5.17 Å². The average Bonchev–Trinajstić information content (AvgIpc) is 2.53. The van der Waals surface area contributed by atoms with Gasteiger partial charge in [0.1, 0.15) is 11.4 Å². The second kappa shape index (κ2) is 6.72. The van der Waals surface area contributed by atoms with Crippen molar-refractivity contribution < 1.29 is 9.94 Å². The van der Waals surface area contributed by atoms with E-state index in [1.54, 1.807) is 7.11 Å². The molecule has 0 aliphatic heterocycles. The molecule has 0 aliphatic carbocycles. The van der Waals surface area contributed by atoms with E-state index in [2.05, 4.69) is 20.4 Å². The molecular formula is C13H13ClN4O2. The van der Waals surface area contributed by atoms with Crippen molar-refractivity contribution in [2.24, 2.45) is 5.16 Å². The molecule has 0 radical (unpaired) electrons. The Kier molecular flexibility index (Phi) is 4.73. The molecule has 7 heteroatoms. The highest BCUT2D eigenvalue weighted by Gasteiger charge is 2.10. The van der Waals surface area contributed by atoms with Gasteiger partial charge in [-0.2, -0.15) is 0 Å². The van der Waals surface area contributed by atoms with Gasteiger partial charge in [-0.05, 0) is 17.7 Å². The standard InChI is InChI=1S/C13H13ClN4O2/c1-20-10-4-2-9(3-5-10)8-17-13-11(12(14)18-19)15-6-7-16-13/h2-7,19H,8H2,1H3,(H,16,17)/b18-12-. The van der Waals surface area contributed by atoms with Gasteiger partial charge in [-0.1, -0.05) is 28.9 Å². The molecule has 2 rings (SSSR count). The number of oxime groups is 1. The van der Waals surface area contributed by atoms with Crippen LogP contribution in [0.5, 0.6) is 5.75 Å². The largest absolute Gasteiger partial charge is 0.497 e. The zero-order chi connectivity index (χ0) is 14.4. The van der Waals surface area contributed by atoms with Gasteiger partial charge in [0.05, 0.1) is 7.11 Å². The molecular weight excluding hydrogens is 280 g/mol. The zero-order valence-corrected chi connectivity index (χ0v) is 11.5. The van der Waals surface area contributed by atoms with E-state index in [4.69, 9.17) is 21.5 Å². The fourth-order valence-electron chi connectivity index (χ4n) is 1.59. The van der Waals surface area contributed by atoms with E-state index in [1.165, 1.54) is 12.4 Å². The van der Waals surface area contributed by atoms with Gasteiger partial charge in [-0.25, -0.2) is 9.97 Å². The molecule has 0 fully saturated rings. The first-order valence-corrected chi connectivity index (χ1v) is 6.18. The molecule has 0 bridgehead atoms. The Balaban J connectivity index is 2.10. The molecule has 0 amide bonds. The van der Waals surface area contributed by atoms with Crippen LogP contribution < -0.4 is 10.1 Å². The molecule has 20 heavy (non-hydrogen) atoms. The number of aromatic nitrogens is 2. The number of hydrogen-bond donors (Lipinski definition) is 2. The van der Waals surface area contributed by atoms with Crippen LogP contribution in [0.4, 0.5) is 5.82 Å². The number of ether oxygens (including phenoxy) is 1. The highest BCUT2D eigenvalue weighted by molar-refractivity contribution is 6.69. The summed E-state index contributed by atoms with van der Waals surface area (Å²) in [5.41, 5.74) is 1.34. The summed E-state index contributed by atoms with van der Waals surface area (Å²) in [6, 6.07) is 7.61. The second-order valence-electron chi connectivity index (χ2n) is 3.85. The van der Waals surface area contributed by atoms with E-state index in [9.17, 15) is 0 Å². The summed E-state index contributed by atoms with van der Waals surface area (Å²) in [4.78, 5) is 8.14. The average molecular weight is 293 g/mol. The first kappa shape index (κ1) is 14.1. The number of anilines is 1. The maximum Gasteiger partial charge on any atom is 0.197 e. The van der Waals surface area contributed by atoms with E-state index in [0.717, 1.165) is 11.3 Å². The molecule has 2 aromatic rings. The van der Waals surface area contributed by atoms with Crippen molar-refractivity contribution in [3.05, 3.63) is 47.9 Å². The minimum Gasteiger partial charge on any atom is -0.497 e. The van der Waals surface area contributed by atoms with Gasteiger partial charge < -0.3 is 15.3 Å².